The summed E-state index contributed by atoms with van der Waals surface area (Å²) in [5.74, 6) is 0. The minimum Gasteiger partial charge on any atom is -0.444 e. The van der Waals surface area contributed by atoms with Gasteiger partial charge in [-0.25, -0.2) is 4.79 Å². The molecule has 0 radical (unpaired) electrons. The van der Waals surface area contributed by atoms with Gasteiger partial charge in [0.2, 0.25) is 0 Å². The van der Waals surface area contributed by atoms with Gasteiger partial charge < -0.3 is 10.1 Å². The van der Waals surface area contributed by atoms with Crippen molar-refractivity contribution in [2.24, 2.45) is 0 Å². The van der Waals surface area contributed by atoms with Crippen LogP contribution in [-0.4, -0.2) is 18.2 Å². The molecule has 94 valence electrons. The second kappa shape index (κ2) is 5.57. The maximum Gasteiger partial charge on any atom is 0.412 e. The Bertz CT molecular complexity index is 366. The molecule has 0 heterocycles. The van der Waals surface area contributed by atoms with E-state index in [-0.39, 0.29) is 0 Å². The van der Waals surface area contributed by atoms with Crippen molar-refractivity contribution in [3.63, 3.8) is 0 Å². The van der Waals surface area contributed by atoms with E-state index in [9.17, 15) is 4.79 Å². The van der Waals surface area contributed by atoms with Gasteiger partial charge in [-0.3, -0.25) is 5.32 Å². The predicted octanol–water partition coefficient (Wildman–Crippen LogP) is 3.47. The predicted molar refractivity (Wildman–Crippen MR) is 70.5 cm³/mol. The number of nitrogens with one attached hydrogen (secondary N) is 2. The lowest BCUT2D eigenvalue weighted by Gasteiger charge is -2.19. The second-order valence-corrected chi connectivity index (χ2v) is 4.73. The van der Waals surface area contributed by atoms with Crippen molar-refractivity contribution in [3.05, 3.63) is 24.3 Å². The molecular weight excluding hydrogens is 216 g/mol. The zero-order valence-electron chi connectivity index (χ0n) is 10.8. The van der Waals surface area contributed by atoms with Crippen molar-refractivity contribution in [3.8, 4) is 0 Å². The van der Waals surface area contributed by atoms with E-state index in [1.807, 2.05) is 52.0 Å². The van der Waals surface area contributed by atoms with Crippen molar-refractivity contribution < 1.29 is 9.53 Å². The summed E-state index contributed by atoms with van der Waals surface area (Å²) in [5.41, 5.74) is 1.27. The van der Waals surface area contributed by atoms with Gasteiger partial charge in [-0.1, -0.05) is 0 Å². The molecule has 0 bridgehead atoms. The smallest absolute Gasteiger partial charge is 0.412 e. The molecule has 0 aliphatic heterocycles. The van der Waals surface area contributed by atoms with Crippen molar-refractivity contribution in [2.45, 2.75) is 33.3 Å². The lowest BCUT2D eigenvalue weighted by atomic mass is 10.2. The number of hydrogen-bond donors (Lipinski definition) is 2. The standard InChI is InChI=1S/C13H20N2O2/c1-5-14-10-6-8-11(9-7-10)15-12(16)17-13(2,3)4/h6-9,14H,5H2,1-4H3,(H,15,16). The Balaban J connectivity index is 2.54. The topological polar surface area (TPSA) is 50.4 Å². The van der Waals surface area contributed by atoms with E-state index in [0.717, 1.165) is 17.9 Å². The van der Waals surface area contributed by atoms with E-state index in [1.165, 1.54) is 0 Å². The van der Waals surface area contributed by atoms with E-state index in [1.54, 1.807) is 0 Å². The number of amides is 1. The van der Waals surface area contributed by atoms with Crippen molar-refractivity contribution in [1.82, 2.24) is 0 Å². The Hall–Kier alpha value is -1.71. The normalized spacial score (nSPS) is 10.8. The Morgan fingerprint density at radius 2 is 1.71 bits per heavy atom. The van der Waals surface area contributed by atoms with E-state index < -0.39 is 11.7 Å². The SMILES string of the molecule is CCNc1ccc(NC(=O)OC(C)(C)C)cc1. The fourth-order valence-electron chi connectivity index (χ4n) is 1.30. The Morgan fingerprint density at radius 3 is 2.18 bits per heavy atom. The summed E-state index contributed by atoms with van der Waals surface area (Å²) in [4.78, 5) is 11.5. The van der Waals surface area contributed by atoms with Crippen LogP contribution in [0.2, 0.25) is 0 Å². The average molecular weight is 236 g/mol. The zero-order chi connectivity index (χ0) is 12.9. The molecule has 0 unspecified atom stereocenters. The van der Waals surface area contributed by atoms with Crippen LogP contribution in [0.4, 0.5) is 16.2 Å². The molecular formula is C13H20N2O2. The first-order valence-electron chi connectivity index (χ1n) is 5.74. The fraction of sp³-hybridized carbons (Fsp3) is 0.462. The van der Waals surface area contributed by atoms with Crippen molar-refractivity contribution >= 4 is 17.5 Å². The van der Waals surface area contributed by atoms with E-state index >= 15 is 0 Å². The Labute approximate surface area is 102 Å². The summed E-state index contributed by atoms with van der Waals surface area (Å²) >= 11 is 0. The van der Waals surface area contributed by atoms with E-state index in [0.29, 0.717) is 0 Å². The molecule has 17 heavy (non-hydrogen) atoms. The van der Waals surface area contributed by atoms with Crippen LogP contribution in [0.3, 0.4) is 0 Å². The molecule has 1 aromatic rings. The van der Waals surface area contributed by atoms with Crippen LogP contribution in [0.25, 0.3) is 0 Å². The monoisotopic (exact) mass is 236 g/mol. The van der Waals surface area contributed by atoms with Gasteiger partial charge in [-0.05, 0) is 52.0 Å². The molecule has 0 spiro atoms. The maximum absolute atomic E-state index is 11.5. The van der Waals surface area contributed by atoms with Crippen LogP contribution in [0.15, 0.2) is 24.3 Å². The van der Waals surface area contributed by atoms with Gasteiger partial charge in [0.1, 0.15) is 5.60 Å². The first-order chi connectivity index (χ1) is 7.90. The van der Waals surface area contributed by atoms with Crippen LogP contribution in [0.5, 0.6) is 0 Å². The highest BCUT2D eigenvalue weighted by atomic mass is 16.6. The van der Waals surface area contributed by atoms with Crippen molar-refractivity contribution in [1.29, 1.82) is 0 Å². The number of rotatable bonds is 3. The van der Waals surface area contributed by atoms with Gasteiger partial charge in [-0.2, -0.15) is 0 Å². The molecule has 0 aliphatic rings. The molecule has 0 fully saturated rings. The first-order valence-corrected chi connectivity index (χ1v) is 5.74. The highest BCUT2D eigenvalue weighted by Gasteiger charge is 2.15. The molecule has 0 aromatic heterocycles. The average Bonchev–Trinajstić information content (AvgIpc) is 2.18. The molecule has 0 saturated heterocycles. The second-order valence-electron chi connectivity index (χ2n) is 4.73. The summed E-state index contributed by atoms with van der Waals surface area (Å²) in [5, 5.41) is 5.86. The van der Waals surface area contributed by atoms with Gasteiger partial charge in [-0.15, -0.1) is 0 Å². The summed E-state index contributed by atoms with van der Waals surface area (Å²) in [7, 11) is 0. The lowest BCUT2D eigenvalue weighted by molar-refractivity contribution is 0.0636. The summed E-state index contributed by atoms with van der Waals surface area (Å²) in [6.07, 6.45) is -0.436. The van der Waals surface area contributed by atoms with Crippen LogP contribution in [0, 0.1) is 0 Å². The van der Waals surface area contributed by atoms with Crippen LogP contribution in [-0.2, 0) is 4.74 Å². The third-order valence-corrected chi connectivity index (χ3v) is 1.91. The van der Waals surface area contributed by atoms with Crippen LogP contribution >= 0.6 is 0 Å². The number of carbonyl (C=O) groups is 1. The number of anilines is 2. The lowest BCUT2D eigenvalue weighted by Crippen LogP contribution is -2.27. The summed E-state index contributed by atoms with van der Waals surface area (Å²) in [6, 6.07) is 7.50. The summed E-state index contributed by atoms with van der Waals surface area (Å²) in [6.45, 7) is 8.41. The molecule has 1 amide bonds. The van der Waals surface area contributed by atoms with Gasteiger partial charge in [0.15, 0.2) is 0 Å². The number of ether oxygens (including phenoxy) is 1. The Morgan fingerprint density at radius 1 is 1.18 bits per heavy atom. The molecule has 4 nitrogen and oxygen atoms in total. The number of carbonyl (C=O) groups excluding carboxylic acids is 1. The van der Waals surface area contributed by atoms with E-state index in [4.69, 9.17) is 4.74 Å². The molecule has 0 aliphatic carbocycles. The molecule has 1 rings (SSSR count). The third kappa shape index (κ3) is 5.24. The highest BCUT2D eigenvalue weighted by molar-refractivity contribution is 5.85. The quantitative estimate of drug-likeness (QED) is 0.845. The highest BCUT2D eigenvalue weighted by Crippen LogP contribution is 2.15. The minimum absolute atomic E-state index is 0.436. The zero-order valence-corrected chi connectivity index (χ0v) is 10.8. The first kappa shape index (κ1) is 13.4. The Kier molecular flexibility index (Phi) is 4.37. The maximum atomic E-state index is 11.5. The van der Waals surface area contributed by atoms with Gasteiger partial charge in [0.25, 0.3) is 0 Å². The minimum atomic E-state index is -0.478. The van der Waals surface area contributed by atoms with Gasteiger partial charge in [0.05, 0.1) is 0 Å². The van der Waals surface area contributed by atoms with Crippen LogP contribution < -0.4 is 10.6 Å². The van der Waals surface area contributed by atoms with E-state index in [2.05, 4.69) is 10.6 Å². The fourth-order valence-corrected chi connectivity index (χ4v) is 1.30. The molecule has 1 aromatic carbocycles. The molecule has 0 atom stereocenters. The largest absolute Gasteiger partial charge is 0.444 e. The molecule has 4 heteroatoms. The molecule has 0 saturated carbocycles. The number of benzene rings is 1. The van der Waals surface area contributed by atoms with Crippen LogP contribution in [0.1, 0.15) is 27.7 Å². The van der Waals surface area contributed by atoms with Gasteiger partial charge in [0, 0.05) is 17.9 Å². The third-order valence-electron chi connectivity index (χ3n) is 1.91. The van der Waals surface area contributed by atoms with Gasteiger partial charge >= 0.3 is 6.09 Å². The number of hydrogen-bond acceptors (Lipinski definition) is 3. The van der Waals surface area contributed by atoms with Crippen molar-refractivity contribution in [2.75, 3.05) is 17.2 Å². The molecule has 2 N–H and O–H groups in total. The summed E-state index contributed by atoms with van der Waals surface area (Å²) < 4.78 is 5.15.